The molecule has 3 aromatic rings. The van der Waals surface area contributed by atoms with Crippen molar-refractivity contribution in [3.8, 4) is 11.5 Å². The smallest absolute Gasteiger partial charge is 0.339 e. The highest BCUT2D eigenvalue weighted by molar-refractivity contribution is 5.94. The lowest BCUT2D eigenvalue weighted by atomic mass is 10.0. The van der Waals surface area contributed by atoms with Crippen LogP contribution in [0.4, 0.5) is 5.69 Å². The van der Waals surface area contributed by atoms with Crippen molar-refractivity contribution in [2.24, 2.45) is 0 Å². The highest BCUT2D eigenvalue weighted by atomic mass is 16.5. The van der Waals surface area contributed by atoms with Crippen molar-refractivity contribution in [3.63, 3.8) is 0 Å². The Kier molecular flexibility index (Phi) is 5.40. The normalized spacial score (nSPS) is 11.9. The Balaban J connectivity index is 1.81. The van der Waals surface area contributed by atoms with E-state index in [-0.39, 0.29) is 11.5 Å². The van der Waals surface area contributed by atoms with Gasteiger partial charge in [-0.1, -0.05) is 0 Å². The van der Waals surface area contributed by atoms with Gasteiger partial charge < -0.3 is 19.2 Å². The summed E-state index contributed by atoms with van der Waals surface area (Å²) in [6.07, 6.45) is -0.739. The van der Waals surface area contributed by atoms with Crippen LogP contribution in [0.5, 0.6) is 11.5 Å². The molecule has 0 bridgehead atoms. The monoisotopic (exact) mass is 381 g/mol. The minimum absolute atomic E-state index is 0.286. The van der Waals surface area contributed by atoms with Gasteiger partial charge in [-0.25, -0.2) is 4.79 Å². The molecule has 0 aliphatic heterocycles. The topological polar surface area (TPSA) is 77.8 Å². The van der Waals surface area contributed by atoms with Crippen LogP contribution in [0.15, 0.2) is 45.6 Å². The first-order valence-electron chi connectivity index (χ1n) is 8.97. The number of carbonyl (C=O) groups excluding carboxylic acids is 1. The zero-order valence-electron chi connectivity index (χ0n) is 16.6. The third-order valence-corrected chi connectivity index (χ3v) is 4.85. The maximum absolute atomic E-state index is 12.5. The first-order chi connectivity index (χ1) is 13.3. The van der Waals surface area contributed by atoms with E-state index in [1.165, 1.54) is 0 Å². The molecule has 0 spiro atoms. The lowest BCUT2D eigenvalue weighted by Gasteiger charge is -2.17. The third-order valence-electron chi connectivity index (χ3n) is 4.85. The van der Waals surface area contributed by atoms with Crippen LogP contribution >= 0.6 is 0 Å². The van der Waals surface area contributed by atoms with Gasteiger partial charge in [0.25, 0.3) is 5.91 Å². The summed E-state index contributed by atoms with van der Waals surface area (Å²) in [6, 6.07) is 10.7. The van der Waals surface area contributed by atoms with Crippen LogP contribution in [0.3, 0.4) is 0 Å². The van der Waals surface area contributed by atoms with Crippen LogP contribution in [-0.2, 0) is 4.79 Å². The van der Waals surface area contributed by atoms with Gasteiger partial charge in [-0.3, -0.25) is 4.79 Å². The fourth-order valence-electron chi connectivity index (χ4n) is 2.91. The maximum Gasteiger partial charge on any atom is 0.339 e. The maximum atomic E-state index is 12.5. The Morgan fingerprint density at radius 1 is 1.00 bits per heavy atom. The van der Waals surface area contributed by atoms with Gasteiger partial charge in [-0.2, -0.15) is 0 Å². The number of ether oxygens (including phenoxy) is 2. The molecule has 3 rings (SSSR count). The minimum Gasteiger partial charge on any atom is -0.497 e. The second-order valence-corrected chi connectivity index (χ2v) is 6.68. The summed E-state index contributed by atoms with van der Waals surface area (Å²) in [6.45, 7) is 7.11. The highest BCUT2D eigenvalue weighted by Crippen LogP contribution is 2.30. The van der Waals surface area contributed by atoms with E-state index in [1.807, 2.05) is 19.9 Å². The van der Waals surface area contributed by atoms with Crippen molar-refractivity contribution in [1.82, 2.24) is 0 Å². The lowest BCUT2D eigenvalue weighted by Crippen LogP contribution is -2.30. The molecule has 1 amide bonds. The summed E-state index contributed by atoms with van der Waals surface area (Å²) in [4.78, 5) is 24.5. The van der Waals surface area contributed by atoms with Crippen molar-refractivity contribution >= 4 is 22.6 Å². The highest BCUT2D eigenvalue weighted by Gasteiger charge is 2.18. The Bertz CT molecular complexity index is 1080. The number of anilines is 1. The molecule has 0 radical (unpaired) electrons. The van der Waals surface area contributed by atoms with Crippen molar-refractivity contribution in [2.75, 3.05) is 12.4 Å². The summed E-state index contributed by atoms with van der Waals surface area (Å²) < 4.78 is 16.4. The summed E-state index contributed by atoms with van der Waals surface area (Å²) in [5.74, 6) is 0.920. The van der Waals surface area contributed by atoms with Gasteiger partial charge in [-0.15, -0.1) is 0 Å². The zero-order valence-corrected chi connectivity index (χ0v) is 16.6. The van der Waals surface area contributed by atoms with Crippen LogP contribution in [-0.4, -0.2) is 19.1 Å². The third kappa shape index (κ3) is 3.71. The van der Waals surface area contributed by atoms with Crippen LogP contribution in [0.25, 0.3) is 11.0 Å². The van der Waals surface area contributed by atoms with E-state index in [9.17, 15) is 9.59 Å². The summed E-state index contributed by atoms with van der Waals surface area (Å²) >= 11 is 0. The van der Waals surface area contributed by atoms with Crippen LogP contribution in [0.1, 0.15) is 23.6 Å². The minimum atomic E-state index is -0.739. The number of benzene rings is 2. The molecule has 1 aromatic heterocycles. The largest absolute Gasteiger partial charge is 0.497 e. The molecule has 1 atom stereocenters. The van der Waals surface area contributed by atoms with E-state index in [1.54, 1.807) is 51.3 Å². The summed E-state index contributed by atoms with van der Waals surface area (Å²) in [5.41, 5.74) is 2.92. The number of hydrogen-bond donors (Lipinski definition) is 1. The van der Waals surface area contributed by atoms with Crippen LogP contribution in [0, 0.1) is 20.8 Å². The van der Waals surface area contributed by atoms with E-state index < -0.39 is 6.10 Å². The number of rotatable bonds is 5. The van der Waals surface area contributed by atoms with E-state index in [0.29, 0.717) is 33.9 Å². The summed E-state index contributed by atoms with van der Waals surface area (Å²) in [5, 5.41) is 3.66. The van der Waals surface area contributed by atoms with Gasteiger partial charge in [0.2, 0.25) is 0 Å². The molecule has 0 aliphatic rings. The van der Waals surface area contributed by atoms with E-state index >= 15 is 0 Å². The number of carbonyl (C=O) groups is 1. The Labute approximate surface area is 163 Å². The number of amides is 1. The second kappa shape index (κ2) is 7.76. The predicted molar refractivity (Wildman–Crippen MR) is 108 cm³/mol. The van der Waals surface area contributed by atoms with E-state index in [2.05, 4.69) is 5.32 Å². The molecular formula is C22H23NO5. The number of fused-ring (bicyclic) bond motifs is 1. The molecule has 1 heterocycles. The standard InChI is InChI=1S/C22H23NO5/c1-12-13(2)22(25)28-20-14(3)19(11-10-18(12)20)27-15(4)21(24)23-16-6-8-17(26-5)9-7-16/h6-11,15H,1-5H3,(H,23,24). The zero-order chi connectivity index (χ0) is 20.4. The van der Waals surface area contributed by atoms with Gasteiger partial charge in [0.15, 0.2) is 6.10 Å². The van der Waals surface area contributed by atoms with E-state index in [0.717, 1.165) is 10.9 Å². The number of aryl methyl sites for hydroxylation is 2. The molecular weight excluding hydrogens is 358 g/mol. The van der Waals surface area contributed by atoms with Crippen LogP contribution < -0.4 is 20.4 Å². The molecule has 146 valence electrons. The second-order valence-electron chi connectivity index (χ2n) is 6.68. The molecule has 0 saturated heterocycles. The fourth-order valence-corrected chi connectivity index (χ4v) is 2.91. The number of nitrogens with one attached hydrogen (secondary N) is 1. The molecule has 6 heteroatoms. The van der Waals surface area contributed by atoms with Gasteiger partial charge in [0, 0.05) is 22.2 Å². The van der Waals surface area contributed by atoms with Crippen molar-refractivity contribution in [1.29, 1.82) is 0 Å². The number of hydrogen-bond acceptors (Lipinski definition) is 5. The first kappa shape index (κ1) is 19.5. The molecule has 28 heavy (non-hydrogen) atoms. The molecule has 0 saturated carbocycles. The molecule has 1 N–H and O–H groups in total. The van der Waals surface area contributed by atoms with Crippen molar-refractivity contribution in [3.05, 3.63) is 63.5 Å². The Morgan fingerprint density at radius 3 is 2.32 bits per heavy atom. The van der Waals surface area contributed by atoms with Gasteiger partial charge >= 0.3 is 5.63 Å². The Morgan fingerprint density at radius 2 is 1.68 bits per heavy atom. The van der Waals surface area contributed by atoms with Crippen molar-refractivity contribution in [2.45, 2.75) is 33.8 Å². The van der Waals surface area contributed by atoms with E-state index in [4.69, 9.17) is 13.9 Å². The molecule has 2 aromatic carbocycles. The number of methoxy groups -OCH3 is 1. The van der Waals surface area contributed by atoms with Crippen molar-refractivity contribution < 1.29 is 18.7 Å². The van der Waals surface area contributed by atoms with Gasteiger partial charge in [0.1, 0.15) is 17.1 Å². The Hall–Kier alpha value is -3.28. The predicted octanol–water partition coefficient (Wildman–Crippen LogP) is 4.13. The molecule has 0 fully saturated rings. The SMILES string of the molecule is COc1ccc(NC(=O)C(C)Oc2ccc3c(C)c(C)c(=O)oc3c2C)cc1. The van der Waals surface area contributed by atoms with Gasteiger partial charge in [-0.05, 0) is 69.7 Å². The molecule has 1 unspecified atom stereocenters. The average Bonchev–Trinajstić information content (AvgIpc) is 2.69. The van der Waals surface area contributed by atoms with Crippen LogP contribution in [0.2, 0.25) is 0 Å². The average molecular weight is 381 g/mol. The molecule has 6 nitrogen and oxygen atoms in total. The summed E-state index contributed by atoms with van der Waals surface area (Å²) in [7, 11) is 1.58. The molecule has 0 aliphatic carbocycles. The fraction of sp³-hybridized carbons (Fsp3) is 0.273. The quantitative estimate of drug-likeness (QED) is 0.672. The first-order valence-corrected chi connectivity index (χ1v) is 8.97. The van der Waals surface area contributed by atoms with Gasteiger partial charge in [0.05, 0.1) is 7.11 Å². The lowest BCUT2D eigenvalue weighted by molar-refractivity contribution is -0.122.